The number of nitrogens with two attached hydrogens (primary N) is 1. The molecule has 0 amide bonds. The summed E-state index contributed by atoms with van der Waals surface area (Å²) in [5.74, 6) is 0.751. The number of anilines is 1. The van der Waals surface area contributed by atoms with E-state index in [0.29, 0.717) is 24.6 Å². The zero-order valence-electron chi connectivity index (χ0n) is 11.6. The van der Waals surface area contributed by atoms with Crippen LogP contribution in [0.25, 0.3) is 0 Å². The van der Waals surface area contributed by atoms with Gasteiger partial charge in [-0.1, -0.05) is 18.7 Å². The van der Waals surface area contributed by atoms with Gasteiger partial charge in [-0.25, -0.2) is 0 Å². The van der Waals surface area contributed by atoms with E-state index in [2.05, 4.69) is 16.8 Å². The molecule has 0 aromatic heterocycles. The molecule has 0 aliphatic rings. The van der Waals surface area contributed by atoms with Crippen molar-refractivity contribution in [2.24, 2.45) is 10.2 Å². The van der Waals surface area contributed by atoms with E-state index in [4.69, 9.17) is 15.2 Å². The average Bonchev–Trinajstić information content (AvgIpc) is 2.52. The van der Waals surface area contributed by atoms with E-state index >= 15 is 0 Å². The summed E-state index contributed by atoms with van der Waals surface area (Å²) in [5, 5.41) is 8.26. The molecule has 0 unspecified atom stereocenters. The Bertz CT molecular complexity index is 609. The molecular weight excluding hydrogens is 266 g/mol. The van der Waals surface area contributed by atoms with Crippen LogP contribution in [0.5, 0.6) is 5.75 Å². The minimum absolute atomic E-state index is 0.466. The molecular formula is C16H17N3O2. The summed E-state index contributed by atoms with van der Waals surface area (Å²) in [5.41, 5.74) is 7.78. The van der Waals surface area contributed by atoms with E-state index in [1.807, 2.05) is 42.5 Å². The summed E-state index contributed by atoms with van der Waals surface area (Å²) >= 11 is 0. The molecule has 5 nitrogen and oxygen atoms in total. The van der Waals surface area contributed by atoms with Gasteiger partial charge in [-0.05, 0) is 36.4 Å². The Balaban J connectivity index is 1.93. The van der Waals surface area contributed by atoms with E-state index in [-0.39, 0.29) is 0 Å². The van der Waals surface area contributed by atoms with Gasteiger partial charge in [0.15, 0.2) is 0 Å². The summed E-state index contributed by atoms with van der Waals surface area (Å²) in [6.07, 6.45) is 1.39. The van der Waals surface area contributed by atoms with Gasteiger partial charge in [0.2, 0.25) is 0 Å². The minimum Gasteiger partial charge on any atom is -0.498 e. The highest BCUT2D eigenvalue weighted by Crippen LogP contribution is 2.24. The molecule has 21 heavy (non-hydrogen) atoms. The first-order valence-corrected chi connectivity index (χ1v) is 6.51. The van der Waals surface area contributed by atoms with E-state index in [1.165, 1.54) is 6.26 Å². The Hall–Kier alpha value is -2.82. The van der Waals surface area contributed by atoms with Crippen LogP contribution in [0, 0.1) is 0 Å². The van der Waals surface area contributed by atoms with Crippen LogP contribution in [0.15, 0.2) is 71.6 Å². The number of azo groups is 1. The molecule has 2 rings (SSSR count). The van der Waals surface area contributed by atoms with Crippen molar-refractivity contribution in [2.45, 2.75) is 0 Å². The number of nitrogens with zero attached hydrogens (tertiary/aromatic N) is 2. The molecule has 5 heteroatoms. The van der Waals surface area contributed by atoms with Crippen molar-refractivity contribution in [3.05, 3.63) is 61.4 Å². The second kappa shape index (κ2) is 7.69. The number of hydrogen-bond donors (Lipinski definition) is 1. The number of hydrogen-bond acceptors (Lipinski definition) is 5. The van der Waals surface area contributed by atoms with E-state index < -0.39 is 0 Å². The molecule has 0 atom stereocenters. The fraction of sp³-hybridized carbons (Fsp3) is 0.125. The molecule has 0 spiro atoms. The fourth-order valence-electron chi connectivity index (χ4n) is 1.59. The predicted octanol–water partition coefficient (Wildman–Crippen LogP) is 4.22. The molecule has 0 aliphatic heterocycles. The fourth-order valence-corrected chi connectivity index (χ4v) is 1.59. The van der Waals surface area contributed by atoms with Crippen molar-refractivity contribution in [3.63, 3.8) is 0 Å². The van der Waals surface area contributed by atoms with Gasteiger partial charge in [0.25, 0.3) is 0 Å². The number of benzene rings is 2. The van der Waals surface area contributed by atoms with Crippen molar-refractivity contribution in [3.8, 4) is 5.75 Å². The molecule has 108 valence electrons. The lowest BCUT2D eigenvalue weighted by Crippen LogP contribution is -2.03. The largest absolute Gasteiger partial charge is 0.498 e. The summed E-state index contributed by atoms with van der Waals surface area (Å²) in [4.78, 5) is 0. The second-order valence-electron chi connectivity index (χ2n) is 4.14. The van der Waals surface area contributed by atoms with Crippen LogP contribution >= 0.6 is 0 Å². The Kier molecular flexibility index (Phi) is 5.34. The van der Waals surface area contributed by atoms with Gasteiger partial charge < -0.3 is 15.2 Å². The molecule has 0 aliphatic carbocycles. The molecule has 2 aromatic rings. The first-order valence-electron chi connectivity index (χ1n) is 6.51. The topological polar surface area (TPSA) is 69.2 Å². The first-order chi connectivity index (χ1) is 10.3. The van der Waals surface area contributed by atoms with Gasteiger partial charge in [-0.3, -0.25) is 0 Å². The van der Waals surface area contributed by atoms with Crippen molar-refractivity contribution in [1.29, 1.82) is 0 Å². The molecule has 0 bridgehead atoms. The van der Waals surface area contributed by atoms with Gasteiger partial charge in [-0.15, -0.1) is 5.11 Å². The number of ether oxygens (including phenoxy) is 2. The van der Waals surface area contributed by atoms with Crippen LogP contribution in [-0.4, -0.2) is 13.2 Å². The highest BCUT2D eigenvalue weighted by atomic mass is 16.5. The monoisotopic (exact) mass is 283 g/mol. The number of rotatable bonds is 7. The lowest BCUT2D eigenvalue weighted by molar-refractivity contribution is 0.179. The highest BCUT2D eigenvalue weighted by Gasteiger charge is 1.97. The predicted molar refractivity (Wildman–Crippen MR) is 83.1 cm³/mol. The van der Waals surface area contributed by atoms with Crippen molar-refractivity contribution in [2.75, 3.05) is 18.9 Å². The zero-order chi connectivity index (χ0) is 14.9. The summed E-state index contributed by atoms with van der Waals surface area (Å²) < 4.78 is 10.5. The summed E-state index contributed by atoms with van der Waals surface area (Å²) in [6, 6.07) is 14.6. The van der Waals surface area contributed by atoms with Gasteiger partial charge in [0, 0.05) is 0 Å². The third kappa shape index (κ3) is 4.65. The standard InChI is InChI=1S/C16H17N3O2/c1-2-20-11-12-21-14-9-7-13(8-10-14)18-19-16-6-4-3-5-15(16)17/h2-10H,1,11-12,17H2. The molecule has 0 radical (unpaired) electrons. The van der Waals surface area contributed by atoms with Gasteiger partial charge in [-0.2, -0.15) is 5.11 Å². The molecule has 0 fully saturated rings. The van der Waals surface area contributed by atoms with Crippen LogP contribution in [0.1, 0.15) is 0 Å². The lowest BCUT2D eigenvalue weighted by atomic mass is 10.3. The van der Waals surface area contributed by atoms with Gasteiger partial charge in [0.1, 0.15) is 24.7 Å². The third-order valence-electron chi connectivity index (χ3n) is 2.63. The molecule has 2 aromatic carbocycles. The summed E-state index contributed by atoms with van der Waals surface area (Å²) in [7, 11) is 0. The van der Waals surface area contributed by atoms with E-state index in [0.717, 1.165) is 11.4 Å². The van der Waals surface area contributed by atoms with Crippen molar-refractivity contribution >= 4 is 17.1 Å². The van der Waals surface area contributed by atoms with E-state index in [1.54, 1.807) is 6.07 Å². The summed E-state index contributed by atoms with van der Waals surface area (Å²) in [6.45, 7) is 4.40. The van der Waals surface area contributed by atoms with Gasteiger partial charge in [0.05, 0.1) is 17.6 Å². The first kappa shape index (κ1) is 14.6. The van der Waals surface area contributed by atoms with E-state index in [9.17, 15) is 0 Å². The van der Waals surface area contributed by atoms with Crippen LogP contribution in [0.3, 0.4) is 0 Å². The molecule has 2 N–H and O–H groups in total. The molecule has 0 saturated heterocycles. The Morgan fingerprint density at radius 2 is 1.76 bits per heavy atom. The van der Waals surface area contributed by atoms with Crippen LogP contribution in [0.2, 0.25) is 0 Å². The second-order valence-corrected chi connectivity index (χ2v) is 4.14. The maximum atomic E-state index is 5.80. The molecule has 0 saturated carbocycles. The Labute approximate surface area is 123 Å². The highest BCUT2D eigenvalue weighted by molar-refractivity contribution is 5.61. The quantitative estimate of drug-likeness (QED) is 0.358. The van der Waals surface area contributed by atoms with Crippen LogP contribution in [-0.2, 0) is 4.74 Å². The average molecular weight is 283 g/mol. The smallest absolute Gasteiger partial charge is 0.122 e. The van der Waals surface area contributed by atoms with Crippen molar-refractivity contribution in [1.82, 2.24) is 0 Å². The normalized spacial score (nSPS) is 10.5. The lowest BCUT2D eigenvalue weighted by Gasteiger charge is -2.05. The maximum absolute atomic E-state index is 5.80. The number of para-hydroxylation sites is 1. The maximum Gasteiger partial charge on any atom is 0.122 e. The zero-order valence-corrected chi connectivity index (χ0v) is 11.6. The van der Waals surface area contributed by atoms with Crippen LogP contribution in [0.4, 0.5) is 17.1 Å². The Morgan fingerprint density at radius 3 is 2.48 bits per heavy atom. The molecule has 0 heterocycles. The Morgan fingerprint density at radius 1 is 1.00 bits per heavy atom. The van der Waals surface area contributed by atoms with Crippen molar-refractivity contribution < 1.29 is 9.47 Å². The minimum atomic E-state index is 0.466. The van der Waals surface area contributed by atoms with Crippen LogP contribution < -0.4 is 10.5 Å². The SMILES string of the molecule is C=COCCOc1ccc(N=Nc2ccccc2N)cc1. The van der Waals surface area contributed by atoms with Gasteiger partial charge >= 0.3 is 0 Å². The number of nitrogen functional groups attached to an aromatic ring is 1. The third-order valence-corrected chi connectivity index (χ3v) is 2.63.